The van der Waals surface area contributed by atoms with E-state index < -0.39 is 10.0 Å². The molecule has 132 valence electrons. The monoisotopic (exact) mass is 378 g/mol. The third kappa shape index (κ3) is 3.91. The molecule has 0 saturated carbocycles. The average Bonchev–Trinajstić information content (AvgIpc) is 2.57. The fourth-order valence-corrected chi connectivity index (χ4v) is 4.37. The largest absolute Gasteiger partial charge is 0.494 e. The lowest BCUT2D eigenvalue weighted by Crippen LogP contribution is -2.26. The first-order chi connectivity index (χ1) is 11.9. The molecule has 0 spiro atoms. The predicted molar refractivity (Wildman–Crippen MR) is 98.8 cm³/mol. The number of carbonyl (C=O) groups is 1. The number of hydrogen-bond acceptors (Lipinski definition) is 5. The molecule has 0 radical (unpaired) electrons. The van der Waals surface area contributed by atoms with Gasteiger partial charge in [-0.2, -0.15) is 0 Å². The van der Waals surface area contributed by atoms with Crippen LogP contribution in [-0.2, 0) is 14.8 Å². The zero-order valence-corrected chi connectivity index (χ0v) is 15.4. The molecule has 2 aromatic carbocycles. The molecule has 1 amide bonds. The van der Waals surface area contributed by atoms with E-state index in [0.29, 0.717) is 23.7 Å². The van der Waals surface area contributed by atoms with Crippen LogP contribution in [0.2, 0.25) is 0 Å². The van der Waals surface area contributed by atoms with Crippen LogP contribution in [0.1, 0.15) is 13.8 Å². The van der Waals surface area contributed by atoms with Gasteiger partial charge >= 0.3 is 0 Å². The van der Waals surface area contributed by atoms with Crippen molar-refractivity contribution in [2.45, 2.75) is 28.9 Å². The van der Waals surface area contributed by atoms with Gasteiger partial charge < -0.3 is 10.1 Å². The molecule has 1 heterocycles. The Kier molecular flexibility index (Phi) is 4.91. The lowest BCUT2D eigenvalue weighted by atomic mass is 10.3. The quantitative estimate of drug-likeness (QED) is 0.834. The molecular formula is C17H18N2O4S2. The standard InChI is InChI=1S/C17H18N2O4S2/c1-3-23-13-6-4-12(5-7-13)19-25(21,22)14-8-9-16-15(10-14)18-17(20)11(2)24-16/h4-11,19H,3H2,1-2H3,(H,18,20)/t11-/m1/s1. The zero-order chi connectivity index (χ0) is 18.0. The van der Waals surface area contributed by atoms with E-state index in [4.69, 9.17) is 4.74 Å². The highest BCUT2D eigenvalue weighted by Crippen LogP contribution is 2.37. The Hall–Kier alpha value is -2.19. The van der Waals surface area contributed by atoms with Crippen molar-refractivity contribution in [3.63, 3.8) is 0 Å². The first-order valence-electron chi connectivity index (χ1n) is 7.76. The van der Waals surface area contributed by atoms with E-state index in [1.807, 2.05) is 6.92 Å². The van der Waals surface area contributed by atoms with Crippen molar-refractivity contribution in [1.82, 2.24) is 0 Å². The molecule has 0 aromatic heterocycles. The summed E-state index contributed by atoms with van der Waals surface area (Å²) in [5.74, 6) is 0.541. The molecule has 2 N–H and O–H groups in total. The Labute approximate surface area is 151 Å². The number of sulfonamides is 1. The summed E-state index contributed by atoms with van der Waals surface area (Å²) in [6, 6.07) is 11.4. The molecule has 0 fully saturated rings. The number of benzene rings is 2. The van der Waals surface area contributed by atoms with Crippen LogP contribution in [0.5, 0.6) is 5.75 Å². The highest BCUT2D eigenvalue weighted by Gasteiger charge is 2.25. The van der Waals surface area contributed by atoms with Crippen molar-refractivity contribution in [2.24, 2.45) is 0 Å². The van der Waals surface area contributed by atoms with E-state index in [9.17, 15) is 13.2 Å². The summed E-state index contributed by atoms with van der Waals surface area (Å²) < 4.78 is 33.0. The Morgan fingerprint density at radius 2 is 1.92 bits per heavy atom. The Bertz CT molecular complexity index is 895. The van der Waals surface area contributed by atoms with Crippen molar-refractivity contribution in [1.29, 1.82) is 0 Å². The van der Waals surface area contributed by atoms with Crippen LogP contribution in [0, 0.1) is 0 Å². The summed E-state index contributed by atoms with van der Waals surface area (Å²) in [6.07, 6.45) is 0. The van der Waals surface area contributed by atoms with E-state index in [-0.39, 0.29) is 16.1 Å². The molecule has 0 aliphatic carbocycles. The van der Waals surface area contributed by atoms with E-state index in [1.54, 1.807) is 37.3 Å². The minimum absolute atomic E-state index is 0.0931. The number of fused-ring (bicyclic) bond motifs is 1. The number of thioether (sulfide) groups is 1. The molecule has 1 aliphatic rings. The second-order valence-corrected chi connectivity index (χ2v) is 8.54. The maximum Gasteiger partial charge on any atom is 0.261 e. The van der Waals surface area contributed by atoms with Gasteiger partial charge in [0.1, 0.15) is 5.75 Å². The van der Waals surface area contributed by atoms with E-state index in [0.717, 1.165) is 4.90 Å². The van der Waals surface area contributed by atoms with E-state index in [1.165, 1.54) is 23.9 Å². The van der Waals surface area contributed by atoms with Crippen molar-refractivity contribution in [2.75, 3.05) is 16.6 Å². The predicted octanol–water partition coefficient (Wildman–Crippen LogP) is 3.32. The van der Waals surface area contributed by atoms with Gasteiger partial charge in [-0.25, -0.2) is 8.42 Å². The van der Waals surface area contributed by atoms with Crippen molar-refractivity contribution >= 4 is 39.1 Å². The number of ether oxygens (including phenoxy) is 1. The third-order valence-electron chi connectivity index (χ3n) is 3.61. The summed E-state index contributed by atoms with van der Waals surface area (Å²) in [6.45, 7) is 4.23. The summed E-state index contributed by atoms with van der Waals surface area (Å²) in [4.78, 5) is 12.7. The molecule has 3 rings (SSSR count). The first kappa shape index (κ1) is 17.6. The SMILES string of the molecule is CCOc1ccc(NS(=O)(=O)c2ccc3c(c2)NC(=O)[C@@H](C)S3)cc1. The van der Waals surface area contributed by atoms with Gasteiger partial charge in [-0.15, -0.1) is 11.8 Å². The van der Waals surface area contributed by atoms with Crippen LogP contribution in [0.25, 0.3) is 0 Å². The molecule has 0 bridgehead atoms. The average molecular weight is 378 g/mol. The molecule has 2 aromatic rings. The lowest BCUT2D eigenvalue weighted by Gasteiger charge is -2.22. The minimum Gasteiger partial charge on any atom is -0.494 e. The van der Waals surface area contributed by atoms with Gasteiger partial charge in [-0.1, -0.05) is 0 Å². The number of anilines is 2. The van der Waals surface area contributed by atoms with E-state index >= 15 is 0 Å². The normalized spacial score (nSPS) is 16.7. The second-order valence-electron chi connectivity index (χ2n) is 5.47. The van der Waals surface area contributed by atoms with Crippen LogP contribution < -0.4 is 14.8 Å². The van der Waals surface area contributed by atoms with Crippen molar-refractivity contribution in [3.8, 4) is 5.75 Å². The van der Waals surface area contributed by atoms with Gasteiger partial charge in [0.15, 0.2) is 0 Å². The van der Waals surface area contributed by atoms with Gasteiger partial charge in [0.2, 0.25) is 5.91 Å². The summed E-state index contributed by atoms with van der Waals surface area (Å²) >= 11 is 1.41. The highest BCUT2D eigenvalue weighted by molar-refractivity contribution is 8.01. The zero-order valence-electron chi connectivity index (χ0n) is 13.8. The van der Waals surface area contributed by atoms with Crippen molar-refractivity contribution < 1.29 is 17.9 Å². The summed E-state index contributed by atoms with van der Waals surface area (Å²) in [7, 11) is -3.75. The second kappa shape index (κ2) is 6.97. The number of carbonyl (C=O) groups excluding carboxylic acids is 1. The smallest absolute Gasteiger partial charge is 0.261 e. The molecule has 1 aliphatic heterocycles. The van der Waals surface area contributed by atoms with Crippen LogP contribution >= 0.6 is 11.8 Å². The van der Waals surface area contributed by atoms with Gasteiger partial charge in [-0.3, -0.25) is 9.52 Å². The molecule has 6 nitrogen and oxygen atoms in total. The summed E-state index contributed by atoms with van der Waals surface area (Å²) in [5.41, 5.74) is 0.955. The molecule has 0 saturated heterocycles. The van der Waals surface area contributed by atoms with Crippen LogP contribution in [0.3, 0.4) is 0 Å². The Morgan fingerprint density at radius 3 is 2.60 bits per heavy atom. The van der Waals surface area contributed by atoms with Crippen LogP contribution in [0.4, 0.5) is 11.4 Å². The lowest BCUT2D eigenvalue weighted by molar-refractivity contribution is -0.115. The highest BCUT2D eigenvalue weighted by atomic mass is 32.2. The number of nitrogens with one attached hydrogen (secondary N) is 2. The first-order valence-corrected chi connectivity index (χ1v) is 10.1. The fraction of sp³-hybridized carbons (Fsp3) is 0.235. The molecule has 8 heteroatoms. The molecule has 0 unspecified atom stereocenters. The Morgan fingerprint density at radius 1 is 1.20 bits per heavy atom. The van der Waals surface area contributed by atoms with Gasteiger partial charge in [-0.05, 0) is 56.3 Å². The fourth-order valence-electron chi connectivity index (χ4n) is 2.35. The molecule has 25 heavy (non-hydrogen) atoms. The van der Waals surface area contributed by atoms with Crippen molar-refractivity contribution in [3.05, 3.63) is 42.5 Å². The molecule has 1 atom stereocenters. The minimum atomic E-state index is -3.75. The van der Waals surface area contributed by atoms with Gasteiger partial charge in [0, 0.05) is 10.6 Å². The maximum atomic E-state index is 12.6. The Balaban J connectivity index is 1.83. The number of hydrogen-bond donors (Lipinski definition) is 2. The number of amides is 1. The third-order valence-corrected chi connectivity index (χ3v) is 6.17. The van der Waals surface area contributed by atoms with Crippen LogP contribution in [0.15, 0.2) is 52.3 Å². The topological polar surface area (TPSA) is 84.5 Å². The van der Waals surface area contributed by atoms with Crippen LogP contribution in [-0.4, -0.2) is 26.2 Å². The maximum absolute atomic E-state index is 12.6. The van der Waals surface area contributed by atoms with E-state index in [2.05, 4.69) is 10.0 Å². The summed E-state index contributed by atoms with van der Waals surface area (Å²) in [5, 5.41) is 2.54. The number of rotatable bonds is 5. The molecular weight excluding hydrogens is 360 g/mol. The van der Waals surface area contributed by atoms with Gasteiger partial charge in [0.25, 0.3) is 10.0 Å². The van der Waals surface area contributed by atoms with Gasteiger partial charge in [0.05, 0.1) is 22.4 Å².